The summed E-state index contributed by atoms with van der Waals surface area (Å²) in [6.45, 7) is 1.40. The van der Waals surface area contributed by atoms with Crippen LogP contribution in [0.15, 0.2) is 46.0 Å². The van der Waals surface area contributed by atoms with Crippen molar-refractivity contribution in [3.8, 4) is 11.5 Å². The van der Waals surface area contributed by atoms with E-state index < -0.39 is 6.61 Å². The molecule has 0 radical (unpaired) electrons. The van der Waals surface area contributed by atoms with Crippen molar-refractivity contribution < 1.29 is 27.4 Å². The summed E-state index contributed by atoms with van der Waals surface area (Å²) in [5.41, 5.74) is 0.847. The van der Waals surface area contributed by atoms with Crippen LogP contribution < -0.4 is 20.1 Å². The van der Waals surface area contributed by atoms with Gasteiger partial charge in [0.15, 0.2) is 17.5 Å². The molecule has 0 fully saturated rings. The number of hydrogen-bond acceptors (Lipinski definition) is 5. The molecule has 0 aliphatic rings. The molecule has 168 valence electrons. The number of furan rings is 1. The van der Waals surface area contributed by atoms with Crippen LogP contribution in [0.2, 0.25) is 0 Å². The first-order valence-electron chi connectivity index (χ1n) is 9.37. The lowest BCUT2D eigenvalue weighted by Gasteiger charge is -2.15. The predicted octanol–water partition coefficient (Wildman–Crippen LogP) is 4.17. The highest BCUT2D eigenvalue weighted by atomic mass is 127. The van der Waals surface area contributed by atoms with Gasteiger partial charge in [-0.15, -0.1) is 24.0 Å². The smallest absolute Gasteiger partial charge is 0.387 e. The number of rotatable bonds is 12. The van der Waals surface area contributed by atoms with Gasteiger partial charge in [0, 0.05) is 26.7 Å². The average Bonchev–Trinajstić information content (AvgIpc) is 3.22. The van der Waals surface area contributed by atoms with Crippen molar-refractivity contribution in [3.05, 3.63) is 47.9 Å². The first-order chi connectivity index (χ1) is 14.1. The Balaban J connectivity index is 0.00000450. The molecule has 0 aliphatic carbocycles. The number of alkyl halides is 2. The third-order valence-electron chi connectivity index (χ3n) is 3.79. The third kappa shape index (κ3) is 9.61. The van der Waals surface area contributed by atoms with Crippen molar-refractivity contribution in [1.82, 2.24) is 10.6 Å². The third-order valence-corrected chi connectivity index (χ3v) is 3.79. The van der Waals surface area contributed by atoms with Gasteiger partial charge in [0.2, 0.25) is 0 Å². The maximum Gasteiger partial charge on any atom is 0.387 e. The number of nitrogens with one attached hydrogen (secondary N) is 2. The molecule has 30 heavy (non-hydrogen) atoms. The first kappa shape index (κ1) is 26.0. The van der Waals surface area contributed by atoms with Gasteiger partial charge in [-0.3, -0.25) is 4.99 Å². The molecule has 10 heteroatoms. The summed E-state index contributed by atoms with van der Waals surface area (Å²) in [5.74, 6) is 1.72. The normalized spacial score (nSPS) is 11.2. The molecule has 0 spiro atoms. The quantitative estimate of drug-likeness (QED) is 0.183. The minimum absolute atomic E-state index is 0. The second-order valence-corrected chi connectivity index (χ2v) is 5.93. The number of benzene rings is 1. The van der Waals surface area contributed by atoms with E-state index in [9.17, 15) is 8.78 Å². The molecule has 7 nitrogen and oxygen atoms in total. The van der Waals surface area contributed by atoms with Crippen LogP contribution in [-0.4, -0.2) is 39.4 Å². The summed E-state index contributed by atoms with van der Waals surface area (Å²) in [4.78, 5) is 4.16. The van der Waals surface area contributed by atoms with Gasteiger partial charge in [-0.2, -0.15) is 8.78 Å². The Labute approximate surface area is 192 Å². The molecule has 0 amide bonds. The van der Waals surface area contributed by atoms with Crippen molar-refractivity contribution in [2.24, 2.45) is 4.99 Å². The van der Waals surface area contributed by atoms with Crippen LogP contribution in [0.5, 0.6) is 11.5 Å². The molecule has 1 aromatic carbocycles. The van der Waals surface area contributed by atoms with Gasteiger partial charge in [-0.1, -0.05) is 6.07 Å². The van der Waals surface area contributed by atoms with Gasteiger partial charge < -0.3 is 29.3 Å². The number of ether oxygens (including phenoxy) is 3. The zero-order valence-electron chi connectivity index (χ0n) is 17.0. The Morgan fingerprint density at radius 1 is 1.20 bits per heavy atom. The van der Waals surface area contributed by atoms with Crippen LogP contribution in [-0.2, 0) is 17.9 Å². The van der Waals surface area contributed by atoms with Gasteiger partial charge in [0.05, 0.1) is 12.9 Å². The van der Waals surface area contributed by atoms with Gasteiger partial charge in [0.25, 0.3) is 0 Å². The SMILES string of the molecule is CCOc1cc(CNC(=NC)NCCCOCc2ccco2)ccc1OC(F)F.I. The van der Waals surface area contributed by atoms with Crippen LogP contribution in [0.25, 0.3) is 0 Å². The van der Waals surface area contributed by atoms with E-state index in [0.29, 0.717) is 38.9 Å². The summed E-state index contributed by atoms with van der Waals surface area (Å²) >= 11 is 0. The van der Waals surface area contributed by atoms with Crippen LogP contribution in [0, 0.1) is 0 Å². The molecule has 0 saturated heterocycles. The van der Waals surface area contributed by atoms with Crippen molar-refractivity contribution in [3.63, 3.8) is 0 Å². The first-order valence-corrected chi connectivity index (χ1v) is 9.37. The maximum atomic E-state index is 12.5. The Morgan fingerprint density at radius 2 is 2.03 bits per heavy atom. The molecule has 0 unspecified atom stereocenters. The molecule has 0 atom stereocenters. The summed E-state index contributed by atoms with van der Waals surface area (Å²) in [5, 5.41) is 6.36. The van der Waals surface area contributed by atoms with Crippen LogP contribution in [0.4, 0.5) is 8.78 Å². The molecule has 0 bridgehead atoms. The monoisotopic (exact) mass is 539 g/mol. The molecule has 0 aliphatic heterocycles. The number of nitrogens with zero attached hydrogens (tertiary/aromatic N) is 1. The lowest BCUT2D eigenvalue weighted by atomic mass is 10.2. The second kappa shape index (κ2) is 14.8. The number of hydrogen-bond donors (Lipinski definition) is 2. The van der Waals surface area contributed by atoms with Gasteiger partial charge in [-0.25, -0.2) is 0 Å². The zero-order valence-corrected chi connectivity index (χ0v) is 19.4. The predicted molar refractivity (Wildman–Crippen MR) is 121 cm³/mol. The van der Waals surface area contributed by atoms with E-state index in [1.807, 2.05) is 12.1 Å². The van der Waals surface area contributed by atoms with Gasteiger partial charge in [-0.05, 0) is 43.2 Å². The van der Waals surface area contributed by atoms with Crippen molar-refractivity contribution in [1.29, 1.82) is 0 Å². The van der Waals surface area contributed by atoms with Crippen molar-refractivity contribution >= 4 is 29.9 Å². The summed E-state index contributed by atoms with van der Waals surface area (Å²) in [6, 6.07) is 8.54. The molecule has 2 aromatic rings. The fourth-order valence-electron chi connectivity index (χ4n) is 2.48. The van der Waals surface area contributed by atoms with Crippen LogP contribution in [0.3, 0.4) is 0 Å². The zero-order chi connectivity index (χ0) is 20.9. The molecule has 1 heterocycles. The highest BCUT2D eigenvalue weighted by molar-refractivity contribution is 14.0. The topological polar surface area (TPSA) is 77.2 Å². The average molecular weight is 539 g/mol. The summed E-state index contributed by atoms with van der Waals surface area (Å²) < 4.78 is 45.5. The van der Waals surface area contributed by atoms with E-state index in [1.54, 1.807) is 32.4 Å². The molecular formula is C20H28F2IN3O4. The summed E-state index contributed by atoms with van der Waals surface area (Å²) in [6.07, 6.45) is 2.42. The van der Waals surface area contributed by atoms with Crippen molar-refractivity contribution in [2.45, 2.75) is 33.1 Å². The molecular weight excluding hydrogens is 511 g/mol. The molecule has 0 saturated carbocycles. The van der Waals surface area contributed by atoms with Gasteiger partial charge in [0.1, 0.15) is 12.4 Å². The standard InChI is InChI=1S/C20H27F2N3O4.HI/c1-3-27-18-12-15(7-8-17(18)29-19(21)22)13-25-20(23-2)24-9-5-10-26-14-16-6-4-11-28-16;/h4,6-8,11-12,19H,3,5,9-10,13-14H2,1-2H3,(H2,23,24,25);1H. The van der Waals surface area contributed by atoms with Gasteiger partial charge >= 0.3 is 6.61 Å². The minimum atomic E-state index is -2.90. The molecule has 2 rings (SSSR count). The van der Waals surface area contributed by atoms with E-state index >= 15 is 0 Å². The largest absolute Gasteiger partial charge is 0.490 e. The van der Waals surface area contributed by atoms with E-state index in [2.05, 4.69) is 20.4 Å². The lowest BCUT2D eigenvalue weighted by molar-refractivity contribution is -0.0514. The fourth-order valence-corrected chi connectivity index (χ4v) is 2.48. The number of halogens is 3. The van der Waals surface area contributed by atoms with E-state index in [1.165, 1.54) is 6.07 Å². The molecule has 2 N–H and O–H groups in total. The maximum absolute atomic E-state index is 12.5. The highest BCUT2D eigenvalue weighted by Gasteiger charge is 2.11. The van der Waals surface area contributed by atoms with Crippen LogP contribution >= 0.6 is 24.0 Å². The Hall–Kier alpha value is -2.08. The minimum Gasteiger partial charge on any atom is -0.490 e. The Morgan fingerprint density at radius 3 is 2.70 bits per heavy atom. The van der Waals surface area contributed by atoms with Crippen molar-refractivity contribution in [2.75, 3.05) is 26.8 Å². The van der Waals surface area contributed by atoms with E-state index in [4.69, 9.17) is 13.9 Å². The second-order valence-electron chi connectivity index (χ2n) is 5.93. The van der Waals surface area contributed by atoms with E-state index in [0.717, 1.165) is 17.7 Å². The Bertz CT molecular complexity index is 746. The number of guanidine groups is 1. The number of aliphatic imine (C=N–C) groups is 1. The Kier molecular flexibility index (Phi) is 12.8. The highest BCUT2D eigenvalue weighted by Crippen LogP contribution is 2.29. The fraction of sp³-hybridized carbons (Fsp3) is 0.450. The van der Waals surface area contributed by atoms with Crippen LogP contribution in [0.1, 0.15) is 24.7 Å². The van der Waals surface area contributed by atoms with E-state index in [-0.39, 0.29) is 35.5 Å². The molecule has 1 aromatic heterocycles. The summed E-state index contributed by atoms with van der Waals surface area (Å²) in [7, 11) is 1.67. The lowest BCUT2D eigenvalue weighted by Crippen LogP contribution is -2.37.